The van der Waals surface area contributed by atoms with E-state index in [0.717, 1.165) is 6.54 Å². The van der Waals surface area contributed by atoms with Crippen molar-refractivity contribution < 1.29 is 4.52 Å². The standard InChI is InChI=1S/C7H11N7O/c1-3-14(2)7-10-5(15-13-7)4-9-6(8)12-11-4/h3H2,1-2H3,(H3,8,9,11,12). The molecule has 2 aromatic rings. The Morgan fingerprint density at radius 3 is 2.87 bits per heavy atom. The molecule has 0 aliphatic heterocycles. The van der Waals surface area contributed by atoms with E-state index >= 15 is 0 Å². The minimum absolute atomic E-state index is 0.147. The molecule has 3 N–H and O–H groups in total. The van der Waals surface area contributed by atoms with Gasteiger partial charge in [0, 0.05) is 13.6 Å². The molecule has 0 atom stereocenters. The minimum atomic E-state index is 0.147. The largest absolute Gasteiger partial charge is 0.366 e. The zero-order chi connectivity index (χ0) is 10.8. The Morgan fingerprint density at radius 1 is 1.47 bits per heavy atom. The fourth-order valence-electron chi connectivity index (χ4n) is 0.979. The van der Waals surface area contributed by atoms with E-state index in [1.165, 1.54) is 0 Å². The number of nitrogens with zero attached hydrogens (tertiary/aromatic N) is 5. The predicted molar refractivity (Wildman–Crippen MR) is 53.0 cm³/mol. The molecule has 0 radical (unpaired) electrons. The average Bonchev–Trinajstić information content (AvgIpc) is 2.84. The van der Waals surface area contributed by atoms with Crippen LogP contribution in [0.2, 0.25) is 0 Å². The molecule has 2 rings (SSSR count). The highest BCUT2D eigenvalue weighted by Gasteiger charge is 2.14. The van der Waals surface area contributed by atoms with Crippen LogP contribution in [0.4, 0.5) is 11.9 Å². The molecule has 8 nitrogen and oxygen atoms in total. The lowest BCUT2D eigenvalue weighted by atomic mass is 10.6. The monoisotopic (exact) mass is 209 g/mol. The third kappa shape index (κ3) is 1.73. The summed E-state index contributed by atoms with van der Waals surface area (Å²) < 4.78 is 4.99. The van der Waals surface area contributed by atoms with Crippen LogP contribution < -0.4 is 10.6 Å². The second-order valence-electron chi connectivity index (χ2n) is 2.96. The van der Waals surface area contributed by atoms with E-state index in [1.54, 1.807) is 0 Å². The highest BCUT2D eigenvalue weighted by Crippen LogP contribution is 2.15. The summed E-state index contributed by atoms with van der Waals surface area (Å²) >= 11 is 0. The fraction of sp³-hybridized carbons (Fsp3) is 0.429. The number of nitrogen functional groups attached to an aromatic ring is 1. The van der Waals surface area contributed by atoms with Gasteiger partial charge >= 0.3 is 0 Å². The topological polar surface area (TPSA) is 110 Å². The lowest BCUT2D eigenvalue weighted by Crippen LogP contribution is -2.16. The van der Waals surface area contributed by atoms with Crippen LogP contribution in [0.1, 0.15) is 6.92 Å². The summed E-state index contributed by atoms with van der Waals surface area (Å²) in [4.78, 5) is 9.84. The summed E-state index contributed by atoms with van der Waals surface area (Å²) in [7, 11) is 1.86. The second kappa shape index (κ2) is 3.56. The molecule has 0 aromatic carbocycles. The maximum Gasteiger partial charge on any atom is 0.296 e. The lowest BCUT2D eigenvalue weighted by Gasteiger charge is -2.08. The van der Waals surface area contributed by atoms with Crippen molar-refractivity contribution in [3.05, 3.63) is 0 Å². The molecule has 0 amide bonds. The number of aromatic nitrogens is 5. The molecule has 0 bridgehead atoms. The highest BCUT2D eigenvalue weighted by atomic mass is 16.5. The van der Waals surface area contributed by atoms with Crippen LogP contribution in [-0.2, 0) is 0 Å². The van der Waals surface area contributed by atoms with E-state index in [0.29, 0.717) is 11.8 Å². The molecule has 0 aliphatic carbocycles. The van der Waals surface area contributed by atoms with E-state index in [1.807, 2.05) is 18.9 Å². The SMILES string of the molecule is CCN(C)c1noc(-c2nc(N)n[nH]2)n1. The Hall–Kier alpha value is -2.12. The molecular formula is C7H11N7O. The van der Waals surface area contributed by atoms with Gasteiger partial charge in [-0.05, 0) is 12.1 Å². The number of hydrogen-bond donors (Lipinski definition) is 2. The molecule has 8 heteroatoms. The van der Waals surface area contributed by atoms with Crippen LogP contribution in [0.5, 0.6) is 0 Å². The van der Waals surface area contributed by atoms with Crippen LogP contribution >= 0.6 is 0 Å². The Balaban J connectivity index is 2.27. The molecule has 0 spiro atoms. The Kier molecular flexibility index (Phi) is 2.24. The molecule has 0 saturated carbocycles. The number of aromatic amines is 1. The Morgan fingerprint density at radius 2 is 2.27 bits per heavy atom. The molecule has 2 aromatic heterocycles. The second-order valence-corrected chi connectivity index (χ2v) is 2.96. The third-order valence-corrected chi connectivity index (χ3v) is 1.94. The highest BCUT2D eigenvalue weighted by molar-refractivity contribution is 5.44. The van der Waals surface area contributed by atoms with Gasteiger partial charge in [0.15, 0.2) is 0 Å². The summed E-state index contributed by atoms with van der Waals surface area (Å²) in [5.74, 6) is 1.29. The van der Waals surface area contributed by atoms with Gasteiger partial charge in [0.05, 0.1) is 0 Å². The first-order valence-electron chi connectivity index (χ1n) is 4.43. The summed E-state index contributed by atoms with van der Waals surface area (Å²) in [5, 5.41) is 10.0. The van der Waals surface area contributed by atoms with Gasteiger partial charge in [-0.2, -0.15) is 9.97 Å². The van der Waals surface area contributed by atoms with Crippen LogP contribution in [0.15, 0.2) is 4.52 Å². The van der Waals surface area contributed by atoms with Crippen molar-refractivity contribution >= 4 is 11.9 Å². The van der Waals surface area contributed by atoms with E-state index in [4.69, 9.17) is 10.3 Å². The first-order chi connectivity index (χ1) is 7.20. The quantitative estimate of drug-likeness (QED) is 0.725. The maximum absolute atomic E-state index is 5.35. The van der Waals surface area contributed by atoms with Gasteiger partial charge in [-0.15, -0.1) is 5.10 Å². The zero-order valence-electron chi connectivity index (χ0n) is 8.43. The first kappa shape index (κ1) is 9.44. The zero-order valence-corrected chi connectivity index (χ0v) is 8.43. The molecular weight excluding hydrogens is 198 g/mol. The van der Waals surface area contributed by atoms with Gasteiger partial charge in [0.25, 0.3) is 11.8 Å². The molecule has 80 valence electrons. The van der Waals surface area contributed by atoms with Crippen molar-refractivity contribution in [2.45, 2.75) is 6.92 Å². The summed E-state index contributed by atoms with van der Waals surface area (Å²) in [6.07, 6.45) is 0. The molecule has 0 saturated heterocycles. The molecule has 0 fully saturated rings. The number of hydrogen-bond acceptors (Lipinski definition) is 7. The maximum atomic E-state index is 5.35. The molecule has 15 heavy (non-hydrogen) atoms. The Bertz CT molecular complexity index is 448. The van der Waals surface area contributed by atoms with Crippen LogP contribution in [0, 0.1) is 0 Å². The minimum Gasteiger partial charge on any atom is -0.366 e. The number of anilines is 2. The van der Waals surface area contributed by atoms with E-state index in [9.17, 15) is 0 Å². The molecule has 2 heterocycles. The fourth-order valence-corrected chi connectivity index (χ4v) is 0.979. The van der Waals surface area contributed by atoms with Crippen molar-refractivity contribution in [1.29, 1.82) is 0 Å². The van der Waals surface area contributed by atoms with E-state index < -0.39 is 0 Å². The van der Waals surface area contributed by atoms with Crippen LogP contribution in [0.3, 0.4) is 0 Å². The van der Waals surface area contributed by atoms with Gasteiger partial charge < -0.3 is 15.2 Å². The average molecular weight is 209 g/mol. The normalized spacial score (nSPS) is 10.5. The van der Waals surface area contributed by atoms with Crippen molar-refractivity contribution in [3.63, 3.8) is 0 Å². The van der Waals surface area contributed by atoms with Gasteiger partial charge in [-0.25, -0.2) is 0 Å². The van der Waals surface area contributed by atoms with Crippen LogP contribution in [-0.4, -0.2) is 38.9 Å². The summed E-state index contributed by atoms with van der Waals surface area (Å²) in [5.41, 5.74) is 5.35. The van der Waals surface area contributed by atoms with Gasteiger partial charge in [-0.3, -0.25) is 5.10 Å². The number of nitrogens with one attached hydrogen (secondary N) is 1. The van der Waals surface area contributed by atoms with Gasteiger partial charge in [0.2, 0.25) is 11.8 Å². The van der Waals surface area contributed by atoms with Crippen molar-refractivity contribution in [3.8, 4) is 11.7 Å². The molecule has 0 unspecified atom stereocenters. The van der Waals surface area contributed by atoms with E-state index in [-0.39, 0.29) is 11.8 Å². The smallest absolute Gasteiger partial charge is 0.296 e. The van der Waals surface area contributed by atoms with Gasteiger partial charge in [0.1, 0.15) is 0 Å². The van der Waals surface area contributed by atoms with E-state index in [2.05, 4.69) is 25.3 Å². The number of rotatable bonds is 3. The number of H-pyrrole nitrogens is 1. The summed E-state index contributed by atoms with van der Waals surface area (Å²) in [6, 6.07) is 0. The van der Waals surface area contributed by atoms with Crippen molar-refractivity contribution in [2.75, 3.05) is 24.2 Å². The summed E-state index contributed by atoms with van der Waals surface area (Å²) in [6.45, 7) is 2.78. The molecule has 0 aliphatic rings. The van der Waals surface area contributed by atoms with Crippen LogP contribution in [0.25, 0.3) is 11.7 Å². The van der Waals surface area contributed by atoms with Crippen molar-refractivity contribution in [2.24, 2.45) is 0 Å². The lowest BCUT2D eigenvalue weighted by molar-refractivity contribution is 0.427. The van der Waals surface area contributed by atoms with Crippen molar-refractivity contribution in [1.82, 2.24) is 25.3 Å². The Labute approximate surface area is 85.5 Å². The predicted octanol–water partition coefficient (Wildman–Crippen LogP) is -0.107. The first-order valence-corrected chi connectivity index (χ1v) is 4.43. The third-order valence-electron chi connectivity index (χ3n) is 1.94. The number of nitrogens with two attached hydrogens (primary N) is 1. The van der Waals surface area contributed by atoms with Gasteiger partial charge in [-0.1, -0.05) is 0 Å².